The van der Waals surface area contributed by atoms with Crippen LogP contribution in [0.1, 0.15) is 43.9 Å². The molecule has 3 aromatic rings. The van der Waals surface area contributed by atoms with E-state index in [0.717, 1.165) is 26.3 Å². The predicted molar refractivity (Wildman–Crippen MR) is 164 cm³/mol. The molecule has 214 valence electrons. The number of sulfonamides is 1. The maximum Gasteiger partial charge on any atom is 0.264 e. The Morgan fingerprint density at radius 3 is 2.17 bits per heavy atom. The third-order valence-corrected chi connectivity index (χ3v) is 9.29. The third kappa shape index (κ3) is 7.86. The first-order chi connectivity index (χ1) is 18.8. The molecule has 0 bridgehead atoms. The van der Waals surface area contributed by atoms with Crippen LogP contribution in [0.5, 0.6) is 0 Å². The lowest BCUT2D eigenvalue weighted by Crippen LogP contribution is -2.52. The first kappa shape index (κ1) is 31.6. The molecule has 0 heterocycles. The van der Waals surface area contributed by atoms with Gasteiger partial charge in [-0.3, -0.25) is 13.9 Å². The van der Waals surface area contributed by atoms with E-state index in [-0.39, 0.29) is 23.4 Å². The molecular formula is C30H35BrClN3O4S. The number of hydrogen-bond donors (Lipinski definition) is 1. The van der Waals surface area contributed by atoms with Crippen molar-refractivity contribution < 1.29 is 18.0 Å². The maximum atomic E-state index is 14.0. The number of rotatable bonds is 11. The number of hydrogen-bond acceptors (Lipinski definition) is 4. The average molecular weight is 649 g/mol. The Morgan fingerprint density at radius 1 is 0.975 bits per heavy atom. The van der Waals surface area contributed by atoms with Gasteiger partial charge in [-0.05, 0) is 87.7 Å². The molecule has 2 amide bonds. The minimum atomic E-state index is -4.15. The van der Waals surface area contributed by atoms with Crippen molar-refractivity contribution in [3.63, 3.8) is 0 Å². The zero-order valence-corrected chi connectivity index (χ0v) is 26.5. The number of benzene rings is 3. The number of anilines is 1. The lowest BCUT2D eigenvalue weighted by atomic mass is 10.1. The molecule has 3 aromatic carbocycles. The van der Waals surface area contributed by atoms with Crippen LogP contribution in [-0.4, -0.2) is 43.8 Å². The Labute approximate surface area is 250 Å². The highest BCUT2D eigenvalue weighted by Crippen LogP contribution is 2.29. The van der Waals surface area contributed by atoms with Gasteiger partial charge in [-0.2, -0.15) is 0 Å². The van der Waals surface area contributed by atoms with Gasteiger partial charge in [0.05, 0.1) is 10.6 Å². The lowest BCUT2D eigenvalue weighted by Gasteiger charge is -2.33. The number of carbonyl (C=O) groups is 2. The minimum absolute atomic E-state index is 0.0577. The average Bonchev–Trinajstić information content (AvgIpc) is 2.91. The smallest absolute Gasteiger partial charge is 0.264 e. The summed E-state index contributed by atoms with van der Waals surface area (Å²) in [6, 6.07) is 17.8. The summed E-state index contributed by atoms with van der Waals surface area (Å²) in [7, 11) is -4.15. The summed E-state index contributed by atoms with van der Waals surface area (Å²) in [5.74, 6) is -0.824. The normalized spacial score (nSPS) is 12.9. The Hall–Kier alpha value is -2.88. The second-order valence-corrected chi connectivity index (χ2v) is 13.1. The summed E-state index contributed by atoms with van der Waals surface area (Å²) in [5.41, 5.74) is 2.64. The van der Waals surface area contributed by atoms with E-state index in [9.17, 15) is 18.0 Å². The highest BCUT2D eigenvalue weighted by Gasteiger charge is 2.33. The number of halogens is 2. The van der Waals surface area contributed by atoms with E-state index in [1.165, 1.54) is 17.0 Å². The molecule has 0 aliphatic heterocycles. The van der Waals surface area contributed by atoms with Crippen LogP contribution in [-0.2, 0) is 26.2 Å². The predicted octanol–water partition coefficient (Wildman–Crippen LogP) is 6.25. The van der Waals surface area contributed by atoms with Gasteiger partial charge in [-0.1, -0.05) is 64.3 Å². The van der Waals surface area contributed by atoms with Crippen molar-refractivity contribution in [2.75, 3.05) is 10.8 Å². The van der Waals surface area contributed by atoms with Crippen molar-refractivity contribution in [3.05, 3.63) is 92.9 Å². The van der Waals surface area contributed by atoms with Crippen molar-refractivity contribution in [2.45, 2.75) is 64.6 Å². The summed E-state index contributed by atoms with van der Waals surface area (Å²) in [4.78, 5) is 28.6. The van der Waals surface area contributed by atoms with Crippen molar-refractivity contribution in [1.29, 1.82) is 0 Å². The quantitative estimate of drug-likeness (QED) is 0.267. The minimum Gasteiger partial charge on any atom is -0.352 e. The van der Waals surface area contributed by atoms with Crippen LogP contribution in [0.25, 0.3) is 0 Å². The van der Waals surface area contributed by atoms with Crippen molar-refractivity contribution in [2.24, 2.45) is 0 Å². The largest absolute Gasteiger partial charge is 0.352 e. The fourth-order valence-corrected chi connectivity index (χ4v) is 6.05. The standard InChI is InChI=1S/C30H35BrClN3O4S/c1-6-22(4)33-30(37)23(5)34(18-24-9-11-25(31)12-10-24)29(36)19-35(28-16-13-26(32)17-21(28)3)40(38,39)27-14-7-20(2)8-15-27/h7-17,22-23H,6,18-19H2,1-5H3,(H,33,37)/t22-,23+/m0/s1. The summed E-state index contributed by atoms with van der Waals surface area (Å²) >= 11 is 9.59. The van der Waals surface area contributed by atoms with Crippen LogP contribution in [0, 0.1) is 13.8 Å². The van der Waals surface area contributed by atoms with Gasteiger partial charge in [0, 0.05) is 22.1 Å². The van der Waals surface area contributed by atoms with Crippen LogP contribution in [0.15, 0.2) is 76.1 Å². The van der Waals surface area contributed by atoms with Gasteiger partial charge in [0.2, 0.25) is 11.8 Å². The van der Waals surface area contributed by atoms with Crippen LogP contribution in [0.2, 0.25) is 5.02 Å². The summed E-state index contributed by atoms with van der Waals surface area (Å²) in [5, 5.41) is 3.39. The molecule has 0 saturated carbocycles. The van der Waals surface area contributed by atoms with E-state index in [1.807, 2.05) is 45.0 Å². The molecule has 40 heavy (non-hydrogen) atoms. The van der Waals surface area contributed by atoms with Gasteiger partial charge in [0.25, 0.3) is 10.0 Å². The van der Waals surface area contributed by atoms with Crippen LogP contribution in [0.4, 0.5) is 5.69 Å². The molecule has 0 aromatic heterocycles. The summed E-state index contributed by atoms with van der Waals surface area (Å²) in [6.07, 6.45) is 0.734. The van der Waals surface area contributed by atoms with E-state index in [1.54, 1.807) is 44.2 Å². The van der Waals surface area contributed by atoms with Crippen LogP contribution >= 0.6 is 27.5 Å². The Bertz CT molecular complexity index is 1450. The second kappa shape index (κ2) is 13.7. The molecule has 3 rings (SSSR count). The molecule has 10 heteroatoms. The van der Waals surface area contributed by atoms with Gasteiger partial charge in [0.1, 0.15) is 12.6 Å². The topological polar surface area (TPSA) is 86.8 Å². The van der Waals surface area contributed by atoms with Gasteiger partial charge in [-0.15, -0.1) is 0 Å². The molecule has 0 saturated heterocycles. The Balaban J connectivity index is 2.05. The Kier molecular flexibility index (Phi) is 10.8. The number of amides is 2. The monoisotopic (exact) mass is 647 g/mol. The lowest BCUT2D eigenvalue weighted by molar-refractivity contribution is -0.139. The molecule has 0 unspecified atom stereocenters. The molecule has 0 aliphatic carbocycles. The third-order valence-electron chi connectivity index (χ3n) is 6.75. The van der Waals surface area contributed by atoms with Crippen molar-refractivity contribution in [1.82, 2.24) is 10.2 Å². The highest BCUT2D eigenvalue weighted by atomic mass is 79.9. The Morgan fingerprint density at radius 2 is 1.60 bits per heavy atom. The van der Waals surface area contributed by atoms with E-state index >= 15 is 0 Å². The zero-order valence-electron chi connectivity index (χ0n) is 23.3. The van der Waals surface area contributed by atoms with Gasteiger partial charge < -0.3 is 10.2 Å². The molecule has 0 aliphatic rings. The molecule has 1 N–H and O–H groups in total. The van der Waals surface area contributed by atoms with Gasteiger partial charge >= 0.3 is 0 Å². The molecule has 2 atom stereocenters. The first-order valence-corrected chi connectivity index (χ1v) is 15.6. The maximum absolute atomic E-state index is 14.0. The van der Waals surface area contributed by atoms with Crippen LogP contribution in [0.3, 0.4) is 0 Å². The van der Waals surface area contributed by atoms with E-state index in [2.05, 4.69) is 21.2 Å². The van der Waals surface area contributed by atoms with Gasteiger partial charge in [0.15, 0.2) is 0 Å². The molecule has 0 spiro atoms. The number of nitrogens with one attached hydrogen (secondary N) is 1. The van der Waals surface area contributed by atoms with Gasteiger partial charge in [-0.25, -0.2) is 8.42 Å². The second-order valence-electron chi connectivity index (χ2n) is 9.90. The summed E-state index contributed by atoms with van der Waals surface area (Å²) in [6.45, 7) is 8.74. The highest BCUT2D eigenvalue weighted by molar-refractivity contribution is 9.10. The number of nitrogens with zero attached hydrogens (tertiary/aromatic N) is 2. The number of carbonyl (C=O) groups excluding carboxylic acids is 2. The summed E-state index contributed by atoms with van der Waals surface area (Å²) < 4.78 is 29.9. The van der Waals surface area contributed by atoms with Crippen LogP contribution < -0.4 is 9.62 Å². The molecular weight excluding hydrogens is 614 g/mol. The molecule has 0 fully saturated rings. The van der Waals surface area contributed by atoms with Crippen molar-refractivity contribution >= 4 is 55.1 Å². The van der Waals surface area contributed by atoms with E-state index in [0.29, 0.717) is 16.3 Å². The number of aryl methyl sites for hydroxylation is 2. The zero-order chi connectivity index (χ0) is 29.6. The fraction of sp³-hybridized carbons (Fsp3) is 0.333. The van der Waals surface area contributed by atoms with Crippen molar-refractivity contribution in [3.8, 4) is 0 Å². The SMILES string of the molecule is CC[C@H](C)NC(=O)[C@@H](C)N(Cc1ccc(Br)cc1)C(=O)CN(c1ccc(Cl)cc1C)S(=O)(=O)c1ccc(C)cc1. The fourth-order valence-electron chi connectivity index (χ4n) is 4.08. The van der Waals surface area contributed by atoms with E-state index < -0.39 is 28.5 Å². The first-order valence-electron chi connectivity index (χ1n) is 13.0. The van der Waals surface area contributed by atoms with E-state index in [4.69, 9.17) is 11.6 Å². The molecule has 0 radical (unpaired) electrons. The molecule has 7 nitrogen and oxygen atoms in total.